The first-order chi connectivity index (χ1) is 31.4. The smallest absolute Gasteiger partial charge is 0.229 e. The van der Waals surface area contributed by atoms with Crippen LogP contribution in [0.1, 0.15) is 210 Å². The number of hydrogen-bond donors (Lipinski definition) is 4. The van der Waals surface area contributed by atoms with Gasteiger partial charge in [-0.3, -0.25) is 9.68 Å². The number of nitrogens with zero attached hydrogens (tertiary/aromatic N) is 8. The summed E-state index contributed by atoms with van der Waals surface area (Å²) in [7, 11) is 0. The number of nitrogens with one attached hydrogen (secondary N) is 4. The van der Waals surface area contributed by atoms with Gasteiger partial charge in [0.1, 0.15) is 0 Å². The summed E-state index contributed by atoms with van der Waals surface area (Å²) in [5.41, 5.74) is -0.410. The lowest BCUT2D eigenvalue weighted by Gasteiger charge is -2.56. The van der Waals surface area contributed by atoms with E-state index >= 15 is 0 Å². The third-order valence-corrected chi connectivity index (χ3v) is 15.0. The maximum atomic E-state index is 6.79. The molecule has 2 atom stereocenters. The summed E-state index contributed by atoms with van der Waals surface area (Å²) in [5, 5.41) is 19.3. The zero-order valence-corrected chi connectivity index (χ0v) is 44.1. The van der Waals surface area contributed by atoms with E-state index in [1.54, 1.807) is 0 Å². The van der Waals surface area contributed by atoms with Gasteiger partial charge in [0.25, 0.3) is 0 Å². The molecule has 4 heterocycles. The molecule has 0 radical (unpaired) electrons. The van der Waals surface area contributed by atoms with Crippen LogP contribution in [0.15, 0.2) is 0 Å². The maximum Gasteiger partial charge on any atom is 0.229 e. The molecule has 16 heteroatoms. The predicted molar refractivity (Wildman–Crippen MR) is 271 cm³/mol. The van der Waals surface area contributed by atoms with Gasteiger partial charge in [-0.2, -0.15) is 40.0 Å². The lowest BCUT2D eigenvalue weighted by Crippen LogP contribution is -2.63. The molecule has 374 valence electrons. The second-order valence-corrected chi connectivity index (χ2v) is 23.4. The topological polar surface area (TPSA) is 150 Å². The van der Waals surface area contributed by atoms with Gasteiger partial charge in [-0.15, -0.1) is 0 Å². The van der Waals surface area contributed by atoms with Crippen LogP contribution in [0.2, 0.25) is 10.6 Å². The largest absolute Gasteiger partial charge is 0.354 e. The minimum Gasteiger partial charge on any atom is -0.354 e. The van der Waals surface area contributed by atoms with Gasteiger partial charge in [0.15, 0.2) is 0 Å². The Morgan fingerprint density at radius 2 is 0.833 bits per heavy atom. The van der Waals surface area contributed by atoms with Crippen molar-refractivity contribution in [3.63, 3.8) is 0 Å². The van der Waals surface area contributed by atoms with Crippen LogP contribution >= 0.6 is 23.2 Å². The van der Waals surface area contributed by atoms with Gasteiger partial charge in [0.05, 0.1) is 12.2 Å². The molecule has 6 rings (SSSR count). The molecule has 2 saturated heterocycles. The molecular weight excluding hydrogens is 872 g/mol. The van der Waals surface area contributed by atoms with Crippen LogP contribution in [0.25, 0.3) is 0 Å². The summed E-state index contributed by atoms with van der Waals surface area (Å²) in [6.07, 6.45) is 25.3. The Morgan fingerprint density at radius 1 is 0.500 bits per heavy atom. The van der Waals surface area contributed by atoms with E-state index in [0.717, 1.165) is 116 Å². The number of hydroxylamine groups is 4. The fourth-order valence-corrected chi connectivity index (χ4v) is 12.6. The van der Waals surface area contributed by atoms with Crippen molar-refractivity contribution in [3.8, 4) is 0 Å². The van der Waals surface area contributed by atoms with Crippen molar-refractivity contribution in [3.05, 3.63) is 10.6 Å². The van der Waals surface area contributed by atoms with Crippen LogP contribution in [0.4, 0.5) is 23.8 Å². The molecule has 0 aromatic carbocycles. The Balaban J connectivity index is 0.938. The molecule has 14 nitrogen and oxygen atoms in total. The van der Waals surface area contributed by atoms with Crippen molar-refractivity contribution in [2.24, 2.45) is 11.8 Å². The first-order valence-electron chi connectivity index (χ1n) is 26.2. The zero-order valence-electron chi connectivity index (χ0n) is 42.6. The van der Waals surface area contributed by atoms with Crippen molar-refractivity contribution >= 4 is 47.0 Å². The molecule has 4 N–H and O–H groups in total. The van der Waals surface area contributed by atoms with Gasteiger partial charge in [-0.05, 0) is 167 Å². The molecule has 4 aliphatic rings. The highest BCUT2D eigenvalue weighted by Crippen LogP contribution is 2.47. The fourth-order valence-electron chi connectivity index (χ4n) is 12.3. The van der Waals surface area contributed by atoms with Crippen LogP contribution in [0.3, 0.4) is 0 Å². The second-order valence-electron chi connectivity index (χ2n) is 22.8. The van der Waals surface area contributed by atoms with Crippen LogP contribution in [-0.4, -0.2) is 99.6 Å². The first-order valence-corrected chi connectivity index (χ1v) is 26.9. The molecule has 2 aliphatic heterocycles. The molecular formula is C50H88Cl2N12O2. The van der Waals surface area contributed by atoms with Crippen LogP contribution in [0.5, 0.6) is 0 Å². The predicted octanol–water partition coefficient (Wildman–Crippen LogP) is 12.7. The number of halogens is 2. The lowest BCUT2D eigenvalue weighted by atomic mass is 9.71. The minimum atomic E-state index is -0.102. The van der Waals surface area contributed by atoms with Crippen LogP contribution < -0.4 is 21.3 Å². The van der Waals surface area contributed by atoms with E-state index in [0.29, 0.717) is 47.8 Å². The number of aromatic nitrogens is 6. The van der Waals surface area contributed by atoms with Crippen molar-refractivity contribution in [1.82, 2.24) is 40.0 Å². The average molecular weight is 960 g/mol. The molecule has 0 amide bonds. The van der Waals surface area contributed by atoms with Gasteiger partial charge in [0.2, 0.25) is 34.4 Å². The molecule has 4 fully saturated rings. The number of hydrogen-bond acceptors (Lipinski definition) is 14. The number of unbranched alkanes of at least 4 members (excludes halogenated alkanes) is 3. The highest BCUT2D eigenvalue weighted by Gasteiger charge is 2.50. The standard InChI is InChI=1S/C50H88Cl2N12O2/c1-11-23-39(35-31-47(3,4)63(48(5,6)32-35)65-37-25-17-15-18-26-37)55-45-59-41(51)57-43(61-45)53-29-21-13-14-22-30-54-44-58-42(52)60-46(62-44)56-40(24-12-2)36-33-49(7,8)64(50(9,10)34-36)66-38-27-19-16-20-28-38/h35-40H,11-34H2,1-10H3,(H2,53,55,57,59,61)(H2,54,56,58,60,62). The van der Waals surface area contributed by atoms with Gasteiger partial charge in [-0.25, -0.2) is 0 Å². The normalized spacial score (nSPS) is 23.0. The molecule has 66 heavy (non-hydrogen) atoms. The minimum absolute atomic E-state index is 0.102. The van der Waals surface area contributed by atoms with Crippen LogP contribution in [-0.2, 0) is 9.68 Å². The van der Waals surface area contributed by atoms with Crippen molar-refractivity contribution in [1.29, 1.82) is 0 Å². The number of anilines is 4. The number of rotatable bonds is 23. The van der Waals surface area contributed by atoms with Gasteiger partial charge in [-0.1, -0.05) is 78.1 Å². The number of piperidine rings is 2. The Bertz CT molecular complexity index is 1630. The van der Waals surface area contributed by atoms with Crippen molar-refractivity contribution in [2.75, 3.05) is 34.4 Å². The zero-order chi connectivity index (χ0) is 47.5. The van der Waals surface area contributed by atoms with E-state index in [-0.39, 0.29) is 44.8 Å². The van der Waals surface area contributed by atoms with Crippen molar-refractivity contribution in [2.45, 2.75) is 257 Å². The summed E-state index contributed by atoms with van der Waals surface area (Å²) in [6.45, 7) is 24.7. The Hall–Kier alpha value is -2.36. The molecule has 2 unspecified atom stereocenters. The van der Waals surface area contributed by atoms with E-state index in [9.17, 15) is 0 Å². The molecule has 2 aromatic heterocycles. The molecule has 2 saturated carbocycles. The van der Waals surface area contributed by atoms with E-state index in [2.05, 4.69) is 121 Å². The van der Waals surface area contributed by atoms with E-state index < -0.39 is 0 Å². The fraction of sp³-hybridized carbons (Fsp3) is 0.880. The summed E-state index contributed by atoms with van der Waals surface area (Å²) in [6, 6.07) is 0.416. The SMILES string of the molecule is CCCC(Nc1nc(Cl)nc(NCCCCCCNc2nc(Cl)nc(NC(CCC)C3CC(C)(C)N(OC4CCCCC4)C(C)(C)C3)n2)n1)C1CC(C)(C)N(OC2CCCCC2)C(C)(C)C1. The molecule has 0 spiro atoms. The quantitative estimate of drug-likeness (QED) is 0.0782. The van der Waals surface area contributed by atoms with E-state index in [4.69, 9.17) is 42.8 Å². The van der Waals surface area contributed by atoms with Crippen molar-refractivity contribution < 1.29 is 9.68 Å². The van der Waals surface area contributed by atoms with E-state index in [1.807, 2.05) is 0 Å². The Morgan fingerprint density at radius 3 is 1.17 bits per heavy atom. The van der Waals surface area contributed by atoms with E-state index in [1.165, 1.54) is 38.5 Å². The summed E-state index contributed by atoms with van der Waals surface area (Å²) in [4.78, 5) is 41.0. The maximum absolute atomic E-state index is 6.79. The third-order valence-electron chi connectivity index (χ3n) is 14.7. The Kier molecular flexibility index (Phi) is 19.3. The van der Waals surface area contributed by atoms with Gasteiger partial charge in [0, 0.05) is 47.3 Å². The van der Waals surface area contributed by atoms with Gasteiger partial charge < -0.3 is 21.3 Å². The summed E-state index contributed by atoms with van der Waals surface area (Å²) in [5.74, 6) is 2.92. The molecule has 0 bridgehead atoms. The molecule has 2 aromatic rings. The summed E-state index contributed by atoms with van der Waals surface area (Å²) < 4.78 is 0. The van der Waals surface area contributed by atoms with Crippen LogP contribution in [0, 0.1) is 11.8 Å². The summed E-state index contributed by atoms with van der Waals surface area (Å²) >= 11 is 13.0. The second kappa shape index (κ2) is 24.0. The monoisotopic (exact) mass is 959 g/mol. The molecule has 2 aliphatic carbocycles. The highest BCUT2D eigenvalue weighted by molar-refractivity contribution is 6.28. The lowest BCUT2D eigenvalue weighted by molar-refractivity contribution is -0.314. The Labute approximate surface area is 408 Å². The average Bonchev–Trinajstić information content (AvgIpc) is 3.24. The third kappa shape index (κ3) is 15.1. The first kappa shape index (κ1) is 53.0. The highest BCUT2D eigenvalue weighted by atomic mass is 35.5. The van der Waals surface area contributed by atoms with Gasteiger partial charge >= 0.3 is 0 Å².